The molecule has 0 spiro atoms. The molecule has 0 aromatic heterocycles. The van der Waals surface area contributed by atoms with Gasteiger partial charge in [-0.2, -0.15) is 0 Å². The largest absolute Gasteiger partial charge is 0.756 e. The molecule has 0 amide bonds. The number of phosphoric acid groups is 1. The number of carbonyl (C=O) groups excluding carboxylic acids is 2. The summed E-state index contributed by atoms with van der Waals surface area (Å²) in [5, 5.41) is 0. The monoisotopic (exact) mass is 926 g/mol. The number of unbranched alkanes of at least 4 members (excludes halogenated alkanes) is 32. The van der Waals surface area contributed by atoms with Crippen molar-refractivity contribution < 1.29 is 42.1 Å². The lowest BCUT2D eigenvalue weighted by molar-refractivity contribution is -0.870. The quantitative estimate of drug-likeness (QED) is 0.0195. The van der Waals surface area contributed by atoms with Crippen molar-refractivity contribution in [3.05, 3.63) is 24.3 Å². The Hall–Kier alpha value is -1.51. The predicted molar refractivity (Wildman–Crippen MR) is 268 cm³/mol. The summed E-state index contributed by atoms with van der Waals surface area (Å²) in [7, 11) is 1.17. The molecule has 10 heteroatoms. The van der Waals surface area contributed by atoms with E-state index in [0.717, 1.165) is 57.8 Å². The molecule has 0 N–H and O–H groups in total. The maximum absolute atomic E-state index is 12.8. The van der Waals surface area contributed by atoms with E-state index in [2.05, 4.69) is 38.2 Å². The first-order valence-corrected chi connectivity index (χ1v) is 28.5. The molecule has 64 heavy (non-hydrogen) atoms. The fraction of sp³-hybridized carbons (Fsp3) is 0.889. The fourth-order valence-corrected chi connectivity index (χ4v) is 8.43. The maximum atomic E-state index is 12.8. The zero-order chi connectivity index (χ0) is 47.1. The second kappa shape index (κ2) is 46.6. The number of likely N-dealkylation sites (N-methyl/N-ethyl adjacent to an activating group) is 1. The standard InChI is InChI=1S/C54H104NO8P/c1-6-8-10-12-14-16-18-20-22-23-24-25-26-27-28-29-30-31-33-35-37-39-41-43-45-47-54(57)63-52(51-62-64(58,59)61-49-48-55(3,4)5)50-60-53(56)46-44-42-40-38-36-34-32-21-19-17-15-13-11-9-7-2/h21,23-24,32,52H,6-20,22,25-31,33-51H2,1-5H3/b24-23-,32-21-. The highest BCUT2D eigenvalue weighted by atomic mass is 31.2. The van der Waals surface area contributed by atoms with Crippen LogP contribution in [-0.2, 0) is 32.7 Å². The van der Waals surface area contributed by atoms with Crippen LogP contribution in [0.5, 0.6) is 0 Å². The molecule has 0 rings (SSSR count). The summed E-state index contributed by atoms with van der Waals surface area (Å²) in [6, 6.07) is 0. The molecule has 0 bridgehead atoms. The lowest BCUT2D eigenvalue weighted by Crippen LogP contribution is -2.37. The molecule has 0 aromatic rings. The van der Waals surface area contributed by atoms with E-state index in [1.807, 2.05) is 21.1 Å². The molecular weight excluding hydrogens is 822 g/mol. The number of esters is 2. The van der Waals surface area contributed by atoms with Gasteiger partial charge in [-0.1, -0.05) is 205 Å². The van der Waals surface area contributed by atoms with Gasteiger partial charge in [0.15, 0.2) is 6.10 Å². The predicted octanol–water partition coefficient (Wildman–Crippen LogP) is 15.6. The topological polar surface area (TPSA) is 111 Å². The summed E-state index contributed by atoms with van der Waals surface area (Å²) < 4.78 is 34.1. The first-order chi connectivity index (χ1) is 31.0. The SMILES string of the molecule is CCCCCCCC/C=C\CCCCCCCC(=O)OCC(COP(=O)([O-])OCC[N+](C)(C)C)OC(=O)CCCCCCCCCCCCCCC/C=C\CCCCCCCCCC. The number of hydrogen-bond donors (Lipinski definition) is 0. The van der Waals surface area contributed by atoms with Gasteiger partial charge < -0.3 is 27.9 Å². The lowest BCUT2D eigenvalue weighted by atomic mass is 10.0. The van der Waals surface area contributed by atoms with Crippen molar-refractivity contribution in [2.75, 3.05) is 47.5 Å². The van der Waals surface area contributed by atoms with Crippen molar-refractivity contribution in [1.82, 2.24) is 0 Å². The minimum atomic E-state index is -4.63. The molecule has 0 fully saturated rings. The summed E-state index contributed by atoms with van der Waals surface area (Å²) in [6.45, 7) is 4.25. The number of quaternary nitrogens is 1. The van der Waals surface area contributed by atoms with E-state index in [9.17, 15) is 19.0 Å². The molecule has 0 radical (unpaired) electrons. The Morgan fingerprint density at radius 2 is 0.797 bits per heavy atom. The summed E-state index contributed by atoms with van der Waals surface area (Å²) in [6.07, 6.45) is 53.6. The van der Waals surface area contributed by atoms with Crippen molar-refractivity contribution in [1.29, 1.82) is 0 Å². The van der Waals surface area contributed by atoms with E-state index < -0.39 is 26.5 Å². The van der Waals surface area contributed by atoms with Crippen molar-refractivity contribution in [3.63, 3.8) is 0 Å². The van der Waals surface area contributed by atoms with Crippen LogP contribution < -0.4 is 4.89 Å². The maximum Gasteiger partial charge on any atom is 0.306 e. The van der Waals surface area contributed by atoms with Crippen molar-refractivity contribution in [2.45, 2.75) is 264 Å². The van der Waals surface area contributed by atoms with E-state index in [4.69, 9.17) is 18.5 Å². The van der Waals surface area contributed by atoms with Crippen LogP contribution in [0, 0.1) is 0 Å². The van der Waals surface area contributed by atoms with Crippen LogP contribution in [0.1, 0.15) is 258 Å². The smallest absolute Gasteiger partial charge is 0.306 e. The van der Waals surface area contributed by atoms with Gasteiger partial charge in [-0.25, -0.2) is 0 Å². The first-order valence-electron chi connectivity index (χ1n) is 27.0. The van der Waals surface area contributed by atoms with Crippen molar-refractivity contribution >= 4 is 19.8 Å². The summed E-state index contributed by atoms with van der Waals surface area (Å²) in [5.41, 5.74) is 0. The Kier molecular flexibility index (Phi) is 45.5. The Balaban J connectivity index is 4.16. The molecule has 2 unspecified atom stereocenters. The molecule has 0 aromatic carbocycles. The minimum absolute atomic E-state index is 0.0302. The molecule has 0 aliphatic carbocycles. The van der Waals surface area contributed by atoms with Crippen LogP contribution in [0.4, 0.5) is 0 Å². The Bertz CT molecular complexity index is 1140. The van der Waals surface area contributed by atoms with Gasteiger partial charge in [-0.05, 0) is 64.2 Å². The van der Waals surface area contributed by atoms with Crippen molar-refractivity contribution in [3.8, 4) is 0 Å². The zero-order valence-corrected chi connectivity index (χ0v) is 43.6. The lowest BCUT2D eigenvalue weighted by Gasteiger charge is -2.28. The summed E-state index contributed by atoms with van der Waals surface area (Å²) >= 11 is 0. The van der Waals surface area contributed by atoms with Gasteiger partial charge in [0.05, 0.1) is 27.7 Å². The van der Waals surface area contributed by atoms with Gasteiger partial charge in [-0.3, -0.25) is 14.2 Å². The number of nitrogens with zero attached hydrogens (tertiary/aromatic N) is 1. The third-order valence-corrected chi connectivity index (χ3v) is 12.9. The van der Waals surface area contributed by atoms with Crippen molar-refractivity contribution in [2.24, 2.45) is 0 Å². The number of ether oxygens (including phenoxy) is 2. The molecule has 0 aliphatic heterocycles. The molecule has 9 nitrogen and oxygen atoms in total. The second-order valence-electron chi connectivity index (χ2n) is 19.6. The van der Waals surface area contributed by atoms with E-state index in [1.54, 1.807) is 0 Å². The number of allylic oxidation sites excluding steroid dienone is 4. The normalized spacial score (nSPS) is 13.5. The first kappa shape index (κ1) is 62.5. The average molecular weight is 926 g/mol. The molecule has 0 saturated carbocycles. The van der Waals surface area contributed by atoms with Crippen LogP contribution in [0.25, 0.3) is 0 Å². The highest BCUT2D eigenvalue weighted by Crippen LogP contribution is 2.38. The Labute approximate surface area is 396 Å². The highest BCUT2D eigenvalue weighted by Gasteiger charge is 2.21. The molecule has 0 aliphatic rings. The van der Waals surface area contributed by atoms with E-state index >= 15 is 0 Å². The van der Waals surface area contributed by atoms with Crippen LogP contribution in [0.15, 0.2) is 24.3 Å². The third-order valence-electron chi connectivity index (χ3n) is 11.9. The molecule has 2 atom stereocenters. The highest BCUT2D eigenvalue weighted by molar-refractivity contribution is 7.45. The van der Waals surface area contributed by atoms with Gasteiger partial charge in [0.2, 0.25) is 0 Å². The van der Waals surface area contributed by atoms with E-state index in [-0.39, 0.29) is 32.0 Å². The number of phosphoric ester groups is 1. The van der Waals surface area contributed by atoms with Gasteiger partial charge in [-0.15, -0.1) is 0 Å². The minimum Gasteiger partial charge on any atom is -0.756 e. The van der Waals surface area contributed by atoms with Gasteiger partial charge in [0, 0.05) is 12.8 Å². The van der Waals surface area contributed by atoms with Gasteiger partial charge in [0.1, 0.15) is 19.8 Å². The van der Waals surface area contributed by atoms with Gasteiger partial charge >= 0.3 is 11.9 Å². The molecule has 378 valence electrons. The zero-order valence-electron chi connectivity index (χ0n) is 42.7. The fourth-order valence-electron chi connectivity index (χ4n) is 7.71. The number of carbonyl (C=O) groups is 2. The van der Waals surface area contributed by atoms with E-state index in [0.29, 0.717) is 17.4 Å². The van der Waals surface area contributed by atoms with Crippen LogP contribution in [-0.4, -0.2) is 70.0 Å². The molecular formula is C54H104NO8P. The summed E-state index contributed by atoms with van der Waals surface area (Å²) in [4.78, 5) is 37.7. The molecule has 0 saturated heterocycles. The number of hydrogen-bond acceptors (Lipinski definition) is 8. The average Bonchev–Trinajstić information content (AvgIpc) is 3.25. The number of rotatable bonds is 50. The van der Waals surface area contributed by atoms with Gasteiger partial charge in [0.25, 0.3) is 7.82 Å². The van der Waals surface area contributed by atoms with Crippen LogP contribution in [0.2, 0.25) is 0 Å². The second-order valence-corrected chi connectivity index (χ2v) is 21.0. The van der Waals surface area contributed by atoms with Crippen LogP contribution >= 0.6 is 7.82 Å². The Morgan fingerprint density at radius 3 is 1.16 bits per heavy atom. The summed E-state index contributed by atoms with van der Waals surface area (Å²) in [5.74, 6) is -0.833. The van der Waals surface area contributed by atoms with Crippen LogP contribution in [0.3, 0.4) is 0 Å². The molecule has 0 heterocycles. The Morgan fingerprint density at radius 1 is 0.469 bits per heavy atom. The third kappa shape index (κ3) is 49.9. The van der Waals surface area contributed by atoms with E-state index in [1.165, 1.54) is 167 Å².